The van der Waals surface area contributed by atoms with Crippen molar-refractivity contribution in [3.63, 3.8) is 0 Å². The maximum Gasteiger partial charge on any atom is 3.00 e. The second-order valence-corrected chi connectivity index (χ2v) is 8.75. The molecular formula is C34H21F6IrN3+. The maximum atomic E-state index is 13.4. The monoisotopic (exact) mass is 778 g/mol. The van der Waals surface area contributed by atoms with Crippen molar-refractivity contribution in [2.75, 3.05) is 0 Å². The van der Waals surface area contributed by atoms with Gasteiger partial charge in [0, 0.05) is 53.4 Å². The van der Waals surface area contributed by atoms with Crippen LogP contribution in [0.1, 0.15) is 0 Å². The summed E-state index contributed by atoms with van der Waals surface area (Å²) in [5, 5.41) is 0. The topological polar surface area (TPSA) is 29.7 Å². The summed E-state index contributed by atoms with van der Waals surface area (Å²) in [5.41, 5.74) is 2.21. The molecule has 3 heterocycles. The first-order valence-corrected chi connectivity index (χ1v) is 12.6. The van der Waals surface area contributed by atoms with Crippen LogP contribution in [0, 0.1) is 53.1 Å². The third-order valence-electron chi connectivity index (χ3n) is 5.73. The maximum absolute atomic E-state index is 13.4. The first-order valence-electron chi connectivity index (χ1n) is 12.6. The van der Waals surface area contributed by atoms with E-state index in [0.29, 0.717) is 17.1 Å². The SMILES string of the molecule is C[n+]1ccccc1-c1[c-]cc(F)cc1F.Fc1c[c-]c(-c2ccccn2)c(F)c1.Fc1c[c-]c(-c2ccccn2)c(F)c1.[Ir+3]. The van der Waals surface area contributed by atoms with Crippen LogP contribution in [-0.2, 0) is 27.2 Å². The van der Waals surface area contributed by atoms with E-state index in [-0.39, 0.29) is 36.8 Å². The minimum Gasteiger partial charge on any atom is -0.305 e. The van der Waals surface area contributed by atoms with Gasteiger partial charge in [-0.05, 0) is 35.2 Å². The molecule has 0 aliphatic rings. The molecule has 0 fully saturated rings. The molecule has 10 heteroatoms. The van der Waals surface area contributed by atoms with Gasteiger partial charge in [0.25, 0.3) is 0 Å². The largest absolute Gasteiger partial charge is 3.00 e. The van der Waals surface area contributed by atoms with Crippen LogP contribution in [0.4, 0.5) is 26.3 Å². The molecule has 3 nitrogen and oxygen atoms in total. The van der Waals surface area contributed by atoms with Crippen molar-refractivity contribution < 1.29 is 51.0 Å². The Morgan fingerprint density at radius 2 is 0.955 bits per heavy atom. The van der Waals surface area contributed by atoms with Gasteiger partial charge in [-0.2, -0.15) is 0 Å². The number of halogens is 6. The summed E-state index contributed by atoms with van der Waals surface area (Å²) in [5.74, 6) is -3.79. The fourth-order valence-corrected chi connectivity index (χ4v) is 3.73. The van der Waals surface area contributed by atoms with Crippen LogP contribution in [-0.4, -0.2) is 9.97 Å². The number of hydrogen-bond acceptors (Lipinski definition) is 2. The molecule has 0 saturated heterocycles. The van der Waals surface area contributed by atoms with E-state index < -0.39 is 34.9 Å². The van der Waals surface area contributed by atoms with Crippen molar-refractivity contribution in [3.8, 4) is 33.8 Å². The Balaban J connectivity index is 0.000000178. The number of pyridine rings is 3. The van der Waals surface area contributed by atoms with Gasteiger partial charge in [0.2, 0.25) is 0 Å². The zero-order valence-electron chi connectivity index (χ0n) is 22.8. The van der Waals surface area contributed by atoms with Gasteiger partial charge >= 0.3 is 20.1 Å². The molecule has 0 radical (unpaired) electrons. The molecule has 3 aromatic heterocycles. The van der Waals surface area contributed by atoms with E-state index in [1.165, 1.54) is 0 Å². The molecule has 0 aliphatic heterocycles. The molecule has 0 saturated carbocycles. The summed E-state index contributed by atoms with van der Waals surface area (Å²) in [6.07, 6.45) is 4.89. The van der Waals surface area contributed by atoms with Crippen molar-refractivity contribution in [3.05, 3.63) is 163 Å². The Morgan fingerprint density at radius 1 is 0.545 bits per heavy atom. The smallest absolute Gasteiger partial charge is 0.305 e. The molecule has 0 N–H and O–H groups in total. The number of nitrogens with zero attached hydrogens (tertiary/aromatic N) is 3. The third kappa shape index (κ3) is 9.17. The predicted octanol–water partition coefficient (Wildman–Crippen LogP) is 7.91. The van der Waals surface area contributed by atoms with Gasteiger partial charge in [0.1, 0.15) is 12.7 Å². The summed E-state index contributed by atoms with van der Waals surface area (Å²) in [7, 11) is 1.80. The zero-order valence-corrected chi connectivity index (χ0v) is 25.2. The van der Waals surface area contributed by atoms with Crippen LogP contribution in [0.2, 0.25) is 0 Å². The van der Waals surface area contributed by atoms with E-state index in [1.54, 1.807) is 78.7 Å². The quantitative estimate of drug-likeness (QED) is 0.104. The Morgan fingerprint density at radius 3 is 1.32 bits per heavy atom. The predicted molar refractivity (Wildman–Crippen MR) is 149 cm³/mol. The molecule has 0 spiro atoms. The molecule has 0 atom stereocenters. The Bertz CT molecular complexity index is 1720. The van der Waals surface area contributed by atoms with Crippen LogP contribution in [0.15, 0.2) is 110 Å². The van der Waals surface area contributed by atoms with Crippen molar-refractivity contribution in [2.45, 2.75) is 0 Å². The number of rotatable bonds is 3. The van der Waals surface area contributed by atoms with Gasteiger partial charge in [0.15, 0.2) is 6.20 Å². The second kappa shape index (κ2) is 16.3. The van der Waals surface area contributed by atoms with Gasteiger partial charge in [0.05, 0.1) is 0 Å². The molecule has 6 aromatic rings. The molecule has 0 aliphatic carbocycles. The van der Waals surface area contributed by atoms with Gasteiger partial charge in [-0.15, -0.1) is 36.4 Å². The van der Waals surface area contributed by atoms with Crippen molar-refractivity contribution in [1.29, 1.82) is 0 Å². The standard InChI is InChI=1S/C12H9F2N.2C11H6F2N.Ir/c1-15-7-3-2-4-12(15)10-6-5-9(13)8-11(10)14;2*12-8-4-5-9(10(13)7-8)11-3-1-2-6-14-11;/h2-5,7-8H,1H3;2*1-4,6-7H;/q;2*-1;+3. The fourth-order valence-electron chi connectivity index (χ4n) is 3.73. The van der Waals surface area contributed by atoms with Crippen LogP contribution >= 0.6 is 0 Å². The van der Waals surface area contributed by atoms with E-state index in [0.717, 1.165) is 36.4 Å². The van der Waals surface area contributed by atoms with Gasteiger partial charge < -0.3 is 9.97 Å². The number of aryl methyl sites for hydroxylation is 1. The first kappa shape index (κ1) is 33.8. The van der Waals surface area contributed by atoms with Crippen LogP contribution < -0.4 is 4.57 Å². The Kier molecular flexibility index (Phi) is 12.5. The van der Waals surface area contributed by atoms with Gasteiger partial charge in [-0.1, -0.05) is 59.7 Å². The first-order chi connectivity index (χ1) is 20.7. The summed E-state index contributed by atoms with van der Waals surface area (Å²) in [4.78, 5) is 7.89. The van der Waals surface area contributed by atoms with Gasteiger partial charge in [-0.3, -0.25) is 26.3 Å². The Hall–Kier alpha value is -4.66. The summed E-state index contributed by atoms with van der Waals surface area (Å²) >= 11 is 0. The minimum atomic E-state index is -0.649. The molecule has 6 rings (SSSR count). The summed E-state index contributed by atoms with van der Waals surface area (Å²) in [6.45, 7) is 0. The molecule has 3 aromatic carbocycles. The molecular weight excluding hydrogens is 757 g/mol. The summed E-state index contributed by atoms with van der Waals surface area (Å²) < 4.78 is 79.5. The van der Waals surface area contributed by atoms with Crippen molar-refractivity contribution in [1.82, 2.24) is 9.97 Å². The molecule has 44 heavy (non-hydrogen) atoms. The van der Waals surface area contributed by atoms with Crippen LogP contribution in [0.5, 0.6) is 0 Å². The molecule has 0 bridgehead atoms. The average molecular weight is 778 g/mol. The molecule has 0 unspecified atom stereocenters. The zero-order chi connectivity index (χ0) is 30.8. The Labute approximate surface area is 263 Å². The van der Waals surface area contributed by atoms with Crippen molar-refractivity contribution in [2.24, 2.45) is 7.05 Å². The van der Waals surface area contributed by atoms with E-state index in [1.807, 2.05) is 6.07 Å². The van der Waals surface area contributed by atoms with Crippen LogP contribution in [0.25, 0.3) is 33.8 Å². The fraction of sp³-hybridized carbons (Fsp3) is 0.0294. The van der Waals surface area contributed by atoms with Gasteiger partial charge in [-0.25, -0.2) is 4.57 Å². The number of aromatic nitrogens is 3. The summed E-state index contributed by atoms with van der Waals surface area (Å²) in [6, 6.07) is 29.0. The van der Waals surface area contributed by atoms with E-state index >= 15 is 0 Å². The van der Waals surface area contributed by atoms with Crippen LogP contribution in [0.3, 0.4) is 0 Å². The normalized spacial score (nSPS) is 9.98. The third-order valence-corrected chi connectivity index (χ3v) is 5.73. The minimum absolute atomic E-state index is 0. The van der Waals surface area contributed by atoms with Crippen molar-refractivity contribution >= 4 is 0 Å². The number of hydrogen-bond donors (Lipinski definition) is 0. The van der Waals surface area contributed by atoms with E-state index in [4.69, 9.17) is 0 Å². The number of benzene rings is 3. The van der Waals surface area contributed by atoms with E-state index in [9.17, 15) is 26.3 Å². The van der Waals surface area contributed by atoms with E-state index in [2.05, 4.69) is 28.2 Å². The average Bonchev–Trinajstić information content (AvgIpc) is 2.99. The molecule has 222 valence electrons. The molecule has 0 amide bonds. The second-order valence-electron chi connectivity index (χ2n) is 8.75.